The molecule has 0 spiro atoms. The van der Waals surface area contributed by atoms with E-state index in [2.05, 4.69) is 11.8 Å². The quantitative estimate of drug-likeness (QED) is 0.287. The molecule has 4 aromatic rings. The van der Waals surface area contributed by atoms with Crippen molar-refractivity contribution in [3.63, 3.8) is 0 Å². The minimum atomic E-state index is -1.43. The van der Waals surface area contributed by atoms with Crippen LogP contribution in [0, 0.1) is 11.8 Å². The van der Waals surface area contributed by atoms with Crippen molar-refractivity contribution in [3.05, 3.63) is 119 Å². The number of hydrogen-bond acceptors (Lipinski definition) is 4. The van der Waals surface area contributed by atoms with E-state index in [0.29, 0.717) is 22.3 Å². The van der Waals surface area contributed by atoms with E-state index >= 15 is 0 Å². The van der Waals surface area contributed by atoms with E-state index in [1.54, 1.807) is 72.8 Å². The summed E-state index contributed by atoms with van der Waals surface area (Å²) in [5, 5.41) is 42.7. The summed E-state index contributed by atoms with van der Waals surface area (Å²) in [5.41, 5.74) is 0.125. The lowest BCUT2D eigenvalue weighted by molar-refractivity contribution is 0.440. The highest BCUT2D eigenvalue weighted by Gasteiger charge is 2.41. The highest BCUT2D eigenvalue weighted by molar-refractivity contribution is 5.68. The Balaban J connectivity index is 2.16. The average molecular weight is 408 g/mol. The van der Waals surface area contributed by atoms with Crippen molar-refractivity contribution >= 4 is 0 Å². The fraction of sp³-hybridized carbons (Fsp3) is 0.0370. The molecule has 0 aromatic heterocycles. The summed E-state index contributed by atoms with van der Waals surface area (Å²) in [6, 6.07) is 26.7. The van der Waals surface area contributed by atoms with Gasteiger partial charge in [0.15, 0.2) is 0 Å². The van der Waals surface area contributed by atoms with Crippen LogP contribution in [0.25, 0.3) is 0 Å². The Morgan fingerprint density at radius 2 is 0.806 bits per heavy atom. The summed E-state index contributed by atoms with van der Waals surface area (Å²) < 4.78 is 0. The van der Waals surface area contributed by atoms with Crippen molar-refractivity contribution in [2.24, 2.45) is 0 Å². The fourth-order valence-corrected chi connectivity index (χ4v) is 3.75. The maximum atomic E-state index is 10.8. The van der Waals surface area contributed by atoms with Crippen LogP contribution >= 0.6 is 0 Å². The third-order valence-electron chi connectivity index (χ3n) is 5.21. The Hall–Kier alpha value is -4.36. The summed E-state index contributed by atoms with van der Waals surface area (Å²) in [4.78, 5) is 0. The second-order valence-corrected chi connectivity index (χ2v) is 7.07. The number of rotatable bonds is 3. The van der Waals surface area contributed by atoms with Gasteiger partial charge in [0.05, 0.1) is 5.56 Å². The average Bonchev–Trinajstić information content (AvgIpc) is 2.78. The Labute approximate surface area is 180 Å². The van der Waals surface area contributed by atoms with E-state index in [4.69, 9.17) is 0 Å². The lowest BCUT2D eigenvalue weighted by Gasteiger charge is -2.32. The van der Waals surface area contributed by atoms with E-state index in [1.165, 1.54) is 24.3 Å². The van der Waals surface area contributed by atoms with Crippen LogP contribution in [-0.2, 0) is 5.41 Å². The van der Waals surface area contributed by atoms with Crippen molar-refractivity contribution in [2.75, 3.05) is 0 Å². The maximum absolute atomic E-state index is 10.8. The van der Waals surface area contributed by atoms with Crippen molar-refractivity contribution in [1.82, 2.24) is 0 Å². The summed E-state index contributed by atoms with van der Waals surface area (Å²) >= 11 is 0. The van der Waals surface area contributed by atoms with Crippen LogP contribution in [0.3, 0.4) is 0 Å². The highest BCUT2D eigenvalue weighted by Crippen LogP contribution is 2.48. The molecule has 4 aromatic carbocycles. The van der Waals surface area contributed by atoms with Crippen molar-refractivity contribution in [2.45, 2.75) is 5.41 Å². The van der Waals surface area contributed by atoms with E-state index in [-0.39, 0.29) is 23.0 Å². The van der Waals surface area contributed by atoms with Crippen LogP contribution in [0.15, 0.2) is 97.1 Å². The van der Waals surface area contributed by atoms with Gasteiger partial charge < -0.3 is 20.4 Å². The minimum Gasteiger partial charge on any atom is -0.508 e. The number of phenolic OH excluding ortho intramolecular Hbond substituents is 4. The molecule has 152 valence electrons. The van der Waals surface area contributed by atoms with E-state index in [9.17, 15) is 20.4 Å². The van der Waals surface area contributed by atoms with Crippen LogP contribution in [0.5, 0.6) is 23.0 Å². The van der Waals surface area contributed by atoms with E-state index in [1.807, 2.05) is 0 Å². The fourth-order valence-electron chi connectivity index (χ4n) is 3.75. The highest BCUT2D eigenvalue weighted by atomic mass is 16.3. The van der Waals surface area contributed by atoms with Gasteiger partial charge in [0, 0.05) is 16.7 Å². The monoisotopic (exact) mass is 408 g/mol. The molecule has 31 heavy (non-hydrogen) atoms. The Bertz CT molecular complexity index is 1190. The largest absolute Gasteiger partial charge is 0.508 e. The second kappa shape index (κ2) is 8.17. The molecule has 4 heteroatoms. The van der Waals surface area contributed by atoms with Gasteiger partial charge in [-0.15, -0.1) is 0 Å². The molecule has 4 nitrogen and oxygen atoms in total. The zero-order valence-electron chi connectivity index (χ0n) is 16.5. The number of aromatic hydroxyl groups is 4. The van der Waals surface area contributed by atoms with Crippen molar-refractivity contribution in [3.8, 4) is 34.8 Å². The molecule has 0 radical (unpaired) electrons. The summed E-state index contributed by atoms with van der Waals surface area (Å²) in [6.07, 6.45) is 0. The number of para-hydroxylation sites is 4. The first-order chi connectivity index (χ1) is 15.0. The maximum Gasteiger partial charge on any atom is 0.131 e. The molecule has 0 heterocycles. The lowest BCUT2D eigenvalue weighted by Crippen LogP contribution is -2.28. The molecule has 4 N–H and O–H groups in total. The third kappa shape index (κ3) is 3.54. The van der Waals surface area contributed by atoms with E-state index in [0.717, 1.165) is 0 Å². The van der Waals surface area contributed by atoms with Gasteiger partial charge in [-0.3, -0.25) is 0 Å². The summed E-state index contributed by atoms with van der Waals surface area (Å²) in [5.74, 6) is 6.06. The number of phenols is 4. The molecular weight excluding hydrogens is 388 g/mol. The Kier molecular flexibility index (Phi) is 5.26. The number of benzene rings is 4. The zero-order chi connectivity index (χ0) is 21.8. The Morgan fingerprint density at radius 3 is 1.19 bits per heavy atom. The van der Waals surface area contributed by atoms with Gasteiger partial charge in [0.25, 0.3) is 0 Å². The van der Waals surface area contributed by atoms with Crippen LogP contribution < -0.4 is 0 Å². The van der Waals surface area contributed by atoms with Gasteiger partial charge in [0.1, 0.15) is 28.4 Å². The van der Waals surface area contributed by atoms with Crippen LogP contribution in [0.4, 0.5) is 0 Å². The molecule has 0 aliphatic heterocycles. The third-order valence-corrected chi connectivity index (χ3v) is 5.21. The molecule has 0 atom stereocenters. The first-order valence-corrected chi connectivity index (χ1v) is 9.70. The molecule has 0 unspecified atom stereocenters. The first kappa shape index (κ1) is 19.9. The van der Waals surface area contributed by atoms with Crippen molar-refractivity contribution in [1.29, 1.82) is 0 Å². The summed E-state index contributed by atoms with van der Waals surface area (Å²) in [7, 11) is 0. The SMILES string of the molecule is Oc1ccccc1C#CC(c1ccccc1O)(c1ccccc1O)c1ccccc1O. The normalized spacial score (nSPS) is 10.8. The Morgan fingerprint density at radius 1 is 0.452 bits per heavy atom. The van der Waals surface area contributed by atoms with Crippen LogP contribution in [0.1, 0.15) is 22.3 Å². The molecule has 0 bridgehead atoms. The van der Waals surface area contributed by atoms with Gasteiger partial charge in [-0.1, -0.05) is 78.6 Å². The van der Waals surface area contributed by atoms with Gasteiger partial charge in [-0.25, -0.2) is 0 Å². The molecule has 0 fully saturated rings. The lowest BCUT2D eigenvalue weighted by atomic mass is 9.68. The van der Waals surface area contributed by atoms with Crippen molar-refractivity contribution < 1.29 is 20.4 Å². The molecule has 0 saturated carbocycles. The predicted octanol–water partition coefficient (Wildman–Crippen LogP) is 4.90. The molecular formula is C27H20O4. The standard InChI is InChI=1S/C27H20O4/c28-23-13-5-1-9-19(23)17-18-27(20-10-2-6-14-24(20)29,21-11-3-7-15-25(21)30)22-12-4-8-16-26(22)31/h1-16,28-31H. The second-order valence-electron chi connectivity index (χ2n) is 7.07. The van der Waals surface area contributed by atoms with E-state index < -0.39 is 5.41 Å². The topological polar surface area (TPSA) is 80.9 Å². The zero-order valence-corrected chi connectivity index (χ0v) is 16.5. The summed E-state index contributed by atoms with van der Waals surface area (Å²) in [6.45, 7) is 0. The smallest absolute Gasteiger partial charge is 0.131 e. The predicted molar refractivity (Wildman–Crippen MR) is 119 cm³/mol. The molecule has 0 amide bonds. The van der Waals surface area contributed by atoms with Gasteiger partial charge in [-0.2, -0.15) is 0 Å². The van der Waals surface area contributed by atoms with Crippen LogP contribution in [0.2, 0.25) is 0 Å². The molecule has 0 saturated heterocycles. The minimum absolute atomic E-state index is 0.00995. The van der Waals surface area contributed by atoms with Gasteiger partial charge in [0.2, 0.25) is 0 Å². The van der Waals surface area contributed by atoms with Crippen LogP contribution in [-0.4, -0.2) is 20.4 Å². The molecule has 4 rings (SSSR count). The molecule has 0 aliphatic rings. The molecule has 0 aliphatic carbocycles. The van der Waals surface area contributed by atoms with Gasteiger partial charge >= 0.3 is 0 Å². The first-order valence-electron chi connectivity index (χ1n) is 9.70. The number of hydrogen-bond donors (Lipinski definition) is 4. The van der Waals surface area contributed by atoms with Gasteiger partial charge in [-0.05, 0) is 30.3 Å².